The molecular weight excluding hydrogens is 262 g/mol. The number of carbonyl (C=O) groups excluding carboxylic acids is 1. The first kappa shape index (κ1) is 16.7. The number of carbonyl (C=O) groups is 2. The standard InChI is InChI=1S/C13H25N3O4/c1-5-16-6-7-20-10(9-16)8-14-12(19)15(4)13(2,3)11(17)18/h10H,5-9H2,1-4H3,(H,14,19)(H,17,18). The summed E-state index contributed by atoms with van der Waals surface area (Å²) in [6, 6.07) is -0.408. The van der Waals surface area contributed by atoms with Gasteiger partial charge in [-0.1, -0.05) is 6.92 Å². The molecular formula is C13H25N3O4. The van der Waals surface area contributed by atoms with Gasteiger partial charge in [0.1, 0.15) is 5.54 Å². The molecule has 7 nitrogen and oxygen atoms in total. The molecule has 1 aliphatic rings. The molecule has 1 fully saturated rings. The third kappa shape index (κ3) is 4.08. The molecule has 116 valence electrons. The molecule has 0 saturated carbocycles. The highest BCUT2D eigenvalue weighted by atomic mass is 16.5. The van der Waals surface area contributed by atoms with Gasteiger partial charge in [0.05, 0.1) is 12.7 Å². The monoisotopic (exact) mass is 287 g/mol. The van der Waals surface area contributed by atoms with E-state index in [1.807, 2.05) is 0 Å². The topological polar surface area (TPSA) is 82.1 Å². The molecule has 1 unspecified atom stereocenters. The SMILES string of the molecule is CCN1CCOC(CNC(=O)N(C)C(C)(C)C(=O)O)C1. The number of morpholine rings is 1. The van der Waals surface area contributed by atoms with Crippen LogP contribution >= 0.6 is 0 Å². The van der Waals surface area contributed by atoms with Crippen LogP contribution in [0.5, 0.6) is 0 Å². The Morgan fingerprint density at radius 2 is 2.15 bits per heavy atom. The molecule has 2 amide bonds. The van der Waals surface area contributed by atoms with Crippen molar-refractivity contribution in [3.8, 4) is 0 Å². The number of nitrogens with zero attached hydrogens (tertiary/aromatic N) is 2. The molecule has 1 heterocycles. The van der Waals surface area contributed by atoms with Crippen molar-refractivity contribution in [1.29, 1.82) is 0 Å². The number of hydrogen-bond donors (Lipinski definition) is 2. The largest absolute Gasteiger partial charge is 0.480 e. The predicted octanol–water partition coefficient (Wildman–Crippen LogP) is 0.212. The first-order valence-electron chi connectivity index (χ1n) is 6.88. The predicted molar refractivity (Wildman–Crippen MR) is 74.7 cm³/mol. The zero-order valence-corrected chi connectivity index (χ0v) is 12.7. The zero-order chi connectivity index (χ0) is 15.3. The average Bonchev–Trinajstić information content (AvgIpc) is 2.43. The molecule has 0 aromatic carbocycles. The van der Waals surface area contributed by atoms with Crippen molar-refractivity contribution < 1.29 is 19.4 Å². The van der Waals surface area contributed by atoms with Gasteiger partial charge in [0.2, 0.25) is 0 Å². The number of amides is 2. The number of carboxylic acids is 1. The number of ether oxygens (including phenoxy) is 1. The van der Waals surface area contributed by atoms with Crippen molar-refractivity contribution in [2.24, 2.45) is 0 Å². The number of likely N-dealkylation sites (N-methyl/N-ethyl adjacent to an activating group) is 2. The number of urea groups is 1. The smallest absolute Gasteiger partial charge is 0.329 e. The van der Waals surface area contributed by atoms with Crippen molar-refractivity contribution in [3.63, 3.8) is 0 Å². The molecule has 7 heteroatoms. The Morgan fingerprint density at radius 3 is 2.70 bits per heavy atom. The molecule has 0 radical (unpaired) electrons. The summed E-state index contributed by atoms with van der Waals surface area (Å²) in [6.07, 6.45) is -0.0472. The van der Waals surface area contributed by atoms with E-state index in [2.05, 4.69) is 17.1 Å². The number of hydrogen-bond acceptors (Lipinski definition) is 4. The maximum atomic E-state index is 12.0. The van der Waals surface area contributed by atoms with E-state index in [-0.39, 0.29) is 6.10 Å². The summed E-state index contributed by atoms with van der Waals surface area (Å²) in [5.74, 6) is -1.04. The van der Waals surface area contributed by atoms with E-state index in [1.54, 1.807) is 0 Å². The normalized spacial score (nSPS) is 20.5. The van der Waals surface area contributed by atoms with Crippen LogP contribution in [0.3, 0.4) is 0 Å². The van der Waals surface area contributed by atoms with E-state index < -0.39 is 17.5 Å². The lowest BCUT2D eigenvalue weighted by atomic mass is 10.1. The molecule has 1 rings (SSSR count). The molecule has 0 aromatic rings. The lowest BCUT2D eigenvalue weighted by molar-refractivity contribution is -0.146. The fourth-order valence-corrected chi connectivity index (χ4v) is 1.91. The Hall–Kier alpha value is -1.34. The summed E-state index contributed by atoms with van der Waals surface area (Å²) in [5.41, 5.74) is -1.24. The van der Waals surface area contributed by atoms with Gasteiger partial charge in [0.15, 0.2) is 0 Å². The van der Waals surface area contributed by atoms with Crippen LogP contribution in [0.1, 0.15) is 20.8 Å². The molecule has 20 heavy (non-hydrogen) atoms. The highest BCUT2D eigenvalue weighted by Crippen LogP contribution is 2.12. The van der Waals surface area contributed by atoms with Crippen molar-refractivity contribution in [2.75, 3.05) is 39.8 Å². The number of carboxylic acid groups (broad SMARTS) is 1. The zero-order valence-electron chi connectivity index (χ0n) is 12.7. The van der Waals surface area contributed by atoms with Gasteiger partial charge in [-0.05, 0) is 20.4 Å². The van der Waals surface area contributed by atoms with E-state index in [1.165, 1.54) is 25.8 Å². The summed E-state index contributed by atoms with van der Waals surface area (Å²) in [7, 11) is 1.48. The molecule has 0 spiro atoms. The van der Waals surface area contributed by atoms with Crippen LogP contribution < -0.4 is 5.32 Å². The fraction of sp³-hybridized carbons (Fsp3) is 0.846. The summed E-state index contributed by atoms with van der Waals surface area (Å²) in [5, 5.41) is 11.8. The van der Waals surface area contributed by atoms with Crippen LogP contribution in [0.25, 0.3) is 0 Å². The van der Waals surface area contributed by atoms with E-state index in [0.29, 0.717) is 13.2 Å². The van der Waals surface area contributed by atoms with Crippen molar-refractivity contribution in [3.05, 3.63) is 0 Å². The van der Waals surface area contributed by atoms with Gasteiger partial charge in [-0.3, -0.25) is 4.90 Å². The molecule has 0 aromatic heterocycles. The van der Waals surface area contributed by atoms with Gasteiger partial charge in [0, 0.05) is 26.7 Å². The van der Waals surface area contributed by atoms with Gasteiger partial charge < -0.3 is 20.1 Å². The molecule has 2 N–H and O–H groups in total. The maximum Gasteiger partial charge on any atom is 0.329 e. The number of aliphatic carboxylic acids is 1. The van der Waals surface area contributed by atoms with Gasteiger partial charge >= 0.3 is 12.0 Å². The van der Waals surface area contributed by atoms with Crippen LogP contribution in [0.4, 0.5) is 4.79 Å². The summed E-state index contributed by atoms with van der Waals surface area (Å²) in [6.45, 7) is 8.76. The third-order valence-corrected chi connectivity index (χ3v) is 3.82. The van der Waals surface area contributed by atoms with Crippen LogP contribution in [0.2, 0.25) is 0 Å². The summed E-state index contributed by atoms with van der Waals surface area (Å²) >= 11 is 0. The first-order valence-corrected chi connectivity index (χ1v) is 6.88. The molecule has 0 bridgehead atoms. The maximum absolute atomic E-state index is 12.0. The van der Waals surface area contributed by atoms with E-state index >= 15 is 0 Å². The summed E-state index contributed by atoms with van der Waals surface area (Å²) < 4.78 is 5.58. The summed E-state index contributed by atoms with van der Waals surface area (Å²) in [4.78, 5) is 26.5. The van der Waals surface area contributed by atoms with Crippen LogP contribution in [0.15, 0.2) is 0 Å². The lowest BCUT2D eigenvalue weighted by Gasteiger charge is -2.34. The Balaban J connectivity index is 2.45. The van der Waals surface area contributed by atoms with Crippen LogP contribution in [0, 0.1) is 0 Å². The molecule has 1 atom stereocenters. The Morgan fingerprint density at radius 1 is 1.50 bits per heavy atom. The van der Waals surface area contributed by atoms with Gasteiger partial charge in [-0.2, -0.15) is 0 Å². The van der Waals surface area contributed by atoms with E-state index in [9.17, 15) is 9.59 Å². The Bertz CT molecular complexity index is 360. The second-order valence-electron chi connectivity index (χ2n) is 5.50. The van der Waals surface area contributed by atoms with E-state index in [4.69, 9.17) is 9.84 Å². The minimum atomic E-state index is -1.24. The minimum absolute atomic E-state index is 0.0472. The fourth-order valence-electron chi connectivity index (χ4n) is 1.91. The number of rotatable bonds is 5. The van der Waals surface area contributed by atoms with Gasteiger partial charge in [-0.15, -0.1) is 0 Å². The third-order valence-electron chi connectivity index (χ3n) is 3.82. The lowest BCUT2D eigenvalue weighted by Crippen LogP contribution is -2.56. The highest BCUT2D eigenvalue weighted by Gasteiger charge is 2.35. The average molecular weight is 287 g/mol. The second-order valence-corrected chi connectivity index (χ2v) is 5.50. The van der Waals surface area contributed by atoms with Crippen molar-refractivity contribution in [2.45, 2.75) is 32.4 Å². The van der Waals surface area contributed by atoms with E-state index in [0.717, 1.165) is 19.6 Å². The second kappa shape index (κ2) is 6.90. The Kier molecular flexibility index (Phi) is 5.76. The van der Waals surface area contributed by atoms with Gasteiger partial charge in [-0.25, -0.2) is 9.59 Å². The first-order chi connectivity index (χ1) is 9.28. The van der Waals surface area contributed by atoms with Crippen molar-refractivity contribution >= 4 is 12.0 Å². The highest BCUT2D eigenvalue weighted by molar-refractivity contribution is 5.85. The molecule has 1 saturated heterocycles. The molecule has 1 aliphatic heterocycles. The van der Waals surface area contributed by atoms with Crippen LogP contribution in [-0.2, 0) is 9.53 Å². The number of nitrogens with one attached hydrogen (secondary N) is 1. The molecule has 0 aliphatic carbocycles. The van der Waals surface area contributed by atoms with Crippen LogP contribution in [-0.4, -0.2) is 78.4 Å². The van der Waals surface area contributed by atoms with Gasteiger partial charge in [0.25, 0.3) is 0 Å². The minimum Gasteiger partial charge on any atom is -0.480 e. The van der Waals surface area contributed by atoms with Crippen molar-refractivity contribution in [1.82, 2.24) is 15.1 Å². The Labute approximate surface area is 119 Å². The quantitative estimate of drug-likeness (QED) is 0.755.